The van der Waals surface area contributed by atoms with Crippen molar-refractivity contribution in [1.29, 1.82) is 0 Å². The van der Waals surface area contributed by atoms with Crippen LogP contribution in [-0.4, -0.2) is 20.9 Å². The highest BCUT2D eigenvalue weighted by atomic mass is 35.5. The number of para-hydroxylation sites is 1. The minimum atomic E-state index is -1.04. The first kappa shape index (κ1) is 13.8. The molecule has 3 aromatic carbocycles. The van der Waals surface area contributed by atoms with E-state index < -0.39 is 5.97 Å². The number of rotatable bonds is 2. The van der Waals surface area contributed by atoms with Crippen LogP contribution in [0.25, 0.3) is 27.4 Å². The number of hydrogen-bond acceptors (Lipinski definition) is 2. The van der Waals surface area contributed by atoms with Crippen molar-refractivity contribution in [2.45, 2.75) is 0 Å². The van der Waals surface area contributed by atoms with Crippen molar-refractivity contribution in [2.75, 3.05) is 0 Å². The first-order chi connectivity index (χ1) is 11.1. The molecule has 0 unspecified atom stereocenters. The van der Waals surface area contributed by atoms with Gasteiger partial charge in [-0.25, -0.2) is 9.48 Å². The summed E-state index contributed by atoms with van der Waals surface area (Å²) in [4.78, 5) is 11.6. The molecule has 0 radical (unpaired) electrons. The summed E-state index contributed by atoms with van der Waals surface area (Å²) in [5.41, 5.74) is 1.62. The van der Waals surface area contributed by atoms with Crippen LogP contribution in [0.4, 0.5) is 0 Å². The standard InChI is InChI=1S/C18H11ClN2O2/c19-12-7-9-14-11(10-12)6-8-15-16(18(22)23)20-21(17(14)15)13-4-2-1-3-5-13/h1-10H,(H,22,23). The van der Waals surface area contributed by atoms with Crippen molar-refractivity contribution in [3.63, 3.8) is 0 Å². The second-order valence-corrected chi connectivity index (χ2v) is 5.66. The quantitative estimate of drug-likeness (QED) is 0.590. The van der Waals surface area contributed by atoms with Gasteiger partial charge in [0.25, 0.3) is 0 Å². The van der Waals surface area contributed by atoms with Gasteiger partial charge in [-0.05, 0) is 35.7 Å². The molecule has 1 heterocycles. The number of aromatic nitrogens is 2. The molecular weight excluding hydrogens is 312 g/mol. The van der Waals surface area contributed by atoms with Gasteiger partial charge in [0.05, 0.1) is 11.2 Å². The Morgan fingerprint density at radius 2 is 1.74 bits per heavy atom. The van der Waals surface area contributed by atoms with Crippen molar-refractivity contribution in [1.82, 2.24) is 9.78 Å². The molecule has 1 aromatic heterocycles. The average molecular weight is 323 g/mol. The maximum atomic E-state index is 11.6. The molecule has 0 aliphatic heterocycles. The van der Waals surface area contributed by atoms with Crippen LogP contribution in [0.5, 0.6) is 0 Å². The van der Waals surface area contributed by atoms with Crippen LogP contribution in [0.15, 0.2) is 60.7 Å². The Morgan fingerprint density at radius 1 is 1.00 bits per heavy atom. The number of nitrogens with zero attached hydrogens (tertiary/aromatic N) is 2. The molecule has 5 heteroatoms. The molecule has 0 bridgehead atoms. The van der Waals surface area contributed by atoms with Gasteiger partial charge in [0.1, 0.15) is 0 Å². The predicted octanol–water partition coefficient (Wildman–Crippen LogP) is 4.53. The number of hydrogen-bond donors (Lipinski definition) is 1. The van der Waals surface area contributed by atoms with Crippen molar-refractivity contribution in [3.05, 3.63) is 71.4 Å². The number of carboxylic acids is 1. The molecule has 0 fully saturated rings. The number of halogens is 1. The molecule has 4 rings (SSSR count). The fourth-order valence-electron chi connectivity index (χ4n) is 2.82. The van der Waals surface area contributed by atoms with E-state index >= 15 is 0 Å². The zero-order valence-electron chi connectivity index (χ0n) is 11.9. The first-order valence-electron chi connectivity index (χ1n) is 7.05. The summed E-state index contributed by atoms with van der Waals surface area (Å²) in [5, 5.41) is 16.9. The Balaban J connectivity index is 2.18. The number of aromatic carboxylic acids is 1. The highest BCUT2D eigenvalue weighted by Crippen LogP contribution is 2.31. The van der Waals surface area contributed by atoms with Crippen molar-refractivity contribution in [3.8, 4) is 5.69 Å². The monoisotopic (exact) mass is 322 g/mol. The predicted molar refractivity (Wildman–Crippen MR) is 90.5 cm³/mol. The molecule has 0 saturated heterocycles. The molecule has 4 nitrogen and oxygen atoms in total. The van der Waals surface area contributed by atoms with Crippen LogP contribution in [0.2, 0.25) is 5.02 Å². The molecular formula is C18H11ClN2O2. The van der Waals surface area contributed by atoms with Crippen molar-refractivity contribution in [2.24, 2.45) is 0 Å². The molecule has 4 aromatic rings. The van der Waals surface area contributed by atoms with Gasteiger partial charge in [0.15, 0.2) is 5.69 Å². The number of carboxylic acid groups (broad SMARTS) is 1. The SMILES string of the molecule is O=C(O)c1nn(-c2ccccc2)c2c1ccc1cc(Cl)ccc12. The normalized spacial score (nSPS) is 11.2. The molecule has 23 heavy (non-hydrogen) atoms. The Hall–Kier alpha value is -2.85. The topological polar surface area (TPSA) is 55.1 Å². The summed E-state index contributed by atoms with van der Waals surface area (Å²) in [6, 6.07) is 18.7. The third kappa shape index (κ3) is 2.15. The summed E-state index contributed by atoms with van der Waals surface area (Å²) in [6.07, 6.45) is 0. The lowest BCUT2D eigenvalue weighted by atomic mass is 10.1. The third-order valence-electron chi connectivity index (χ3n) is 3.82. The molecule has 0 saturated carbocycles. The van der Waals surface area contributed by atoms with Crippen LogP contribution in [0.3, 0.4) is 0 Å². The second-order valence-electron chi connectivity index (χ2n) is 5.23. The van der Waals surface area contributed by atoms with Gasteiger partial charge in [-0.2, -0.15) is 5.10 Å². The van der Waals surface area contributed by atoms with E-state index in [1.54, 1.807) is 16.8 Å². The lowest BCUT2D eigenvalue weighted by Gasteiger charge is -2.06. The van der Waals surface area contributed by atoms with Gasteiger partial charge in [-0.15, -0.1) is 0 Å². The molecule has 1 N–H and O–H groups in total. The molecule has 112 valence electrons. The van der Waals surface area contributed by atoms with Crippen molar-refractivity contribution < 1.29 is 9.90 Å². The van der Waals surface area contributed by atoms with Crippen LogP contribution in [0.1, 0.15) is 10.5 Å². The molecule has 0 spiro atoms. The van der Waals surface area contributed by atoms with E-state index in [-0.39, 0.29) is 5.69 Å². The van der Waals surface area contributed by atoms with E-state index in [1.807, 2.05) is 48.5 Å². The van der Waals surface area contributed by atoms with E-state index in [9.17, 15) is 9.90 Å². The van der Waals surface area contributed by atoms with E-state index in [0.29, 0.717) is 10.4 Å². The largest absolute Gasteiger partial charge is 0.476 e. The fraction of sp³-hybridized carbons (Fsp3) is 0. The van der Waals surface area contributed by atoms with E-state index in [4.69, 9.17) is 11.6 Å². The maximum Gasteiger partial charge on any atom is 0.357 e. The summed E-state index contributed by atoms with van der Waals surface area (Å²) >= 11 is 6.07. The van der Waals surface area contributed by atoms with Gasteiger partial charge < -0.3 is 5.11 Å². The molecule has 0 aliphatic rings. The smallest absolute Gasteiger partial charge is 0.357 e. The summed E-state index contributed by atoms with van der Waals surface area (Å²) in [5.74, 6) is -1.04. The van der Waals surface area contributed by atoms with Gasteiger partial charge >= 0.3 is 5.97 Å². The van der Waals surface area contributed by atoms with Crippen molar-refractivity contribution >= 4 is 39.2 Å². The molecule has 0 aliphatic carbocycles. The highest BCUT2D eigenvalue weighted by molar-refractivity contribution is 6.31. The maximum absolute atomic E-state index is 11.6. The Bertz CT molecular complexity index is 1050. The minimum absolute atomic E-state index is 0.0423. The van der Waals surface area contributed by atoms with Gasteiger partial charge in [0.2, 0.25) is 0 Å². The van der Waals surface area contributed by atoms with Gasteiger partial charge in [-0.1, -0.05) is 41.9 Å². The number of fused-ring (bicyclic) bond motifs is 3. The Morgan fingerprint density at radius 3 is 2.48 bits per heavy atom. The van der Waals surface area contributed by atoms with Crippen LogP contribution < -0.4 is 0 Å². The summed E-state index contributed by atoms with van der Waals surface area (Å²) in [7, 11) is 0. The Labute approximate surface area is 136 Å². The zero-order chi connectivity index (χ0) is 16.0. The first-order valence-corrected chi connectivity index (χ1v) is 7.42. The van der Waals surface area contributed by atoms with Crippen LogP contribution in [0, 0.1) is 0 Å². The third-order valence-corrected chi connectivity index (χ3v) is 4.06. The van der Waals surface area contributed by atoms with Gasteiger partial charge in [-0.3, -0.25) is 0 Å². The average Bonchev–Trinajstić information content (AvgIpc) is 2.95. The zero-order valence-corrected chi connectivity index (χ0v) is 12.7. The minimum Gasteiger partial charge on any atom is -0.476 e. The van der Waals surface area contributed by atoms with Crippen LogP contribution >= 0.6 is 11.6 Å². The van der Waals surface area contributed by atoms with E-state index in [0.717, 1.165) is 22.0 Å². The van der Waals surface area contributed by atoms with E-state index in [1.165, 1.54) is 0 Å². The Kier molecular flexibility index (Phi) is 3.06. The number of carbonyl (C=O) groups is 1. The lowest BCUT2D eigenvalue weighted by Crippen LogP contribution is -2.01. The second kappa shape index (κ2) is 5.11. The summed E-state index contributed by atoms with van der Waals surface area (Å²) in [6.45, 7) is 0. The lowest BCUT2D eigenvalue weighted by molar-refractivity contribution is 0.0692. The fourth-order valence-corrected chi connectivity index (χ4v) is 3.00. The molecule has 0 atom stereocenters. The number of benzene rings is 3. The summed E-state index contributed by atoms with van der Waals surface area (Å²) < 4.78 is 1.68. The highest BCUT2D eigenvalue weighted by Gasteiger charge is 2.19. The van der Waals surface area contributed by atoms with E-state index in [2.05, 4.69) is 5.10 Å². The van der Waals surface area contributed by atoms with Crippen LogP contribution in [-0.2, 0) is 0 Å². The van der Waals surface area contributed by atoms with Gasteiger partial charge in [0, 0.05) is 15.8 Å². The molecule has 0 amide bonds.